The van der Waals surface area contributed by atoms with Crippen LogP contribution in [0.1, 0.15) is 46.7 Å². The molecular weight excluding hydrogens is 742 g/mol. The molecule has 0 saturated heterocycles. The summed E-state index contributed by atoms with van der Waals surface area (Å²) < 4.78 is 13.5. The predicted molar refractivity (Wildman–Crippen MR) is 207 cm³/mol. The predicted octanol–water partition coefficient (Wildman–Crippen LogP) is 9.25. The van der Waals surface area contributed by atoms with Gasteiger partial charge in [-0.05, 0) is 113 Å². The van der Waals surface area contributed by atoms with Crippen LogP contribution in [0, 0.1) is 23.7 Å². The summed E-state index contributed by atoms with van der Waals surface area (Å²) in [4.78, 5) is 18.1. The average Bonchev–Trinajstić information content (AvgIpc) is 3.13. The number of nitriles is 1. The Balaban J connectivity index is 1.40. The van der Waals surface area contributed by atoms with E-state index in [-0.39, 0.29) is 26.1 Å². The van der Waals surface area contributed by atoms with Gasteiger partial charge >= 0.3 is 5.97 Å². The van der Waals surface area contributed by atoms with Crippen LogP contribution in [0.2, 0.25) is 5.02 Å². The first-order valence-electron chi connectivity index (χ1n) is 16.8. The number of aliphatic hydroxyl groups excluding tert-OH is 1. The number of hydrogen-bond donors (Lipinski definition) is 2. The van der Waals surface area contributed by atoms with E-state index in [0.29, 0.717) is 33.2 Å². The summed E-state index contributed by atoms with van der Waals surface area (Å²) in [7, 11) is 4.12. The maximum atomic E-state index is 11.9. The number of rotatable bonds is 15. The molecule has 0 amide bonds. The van der Waals surface area contributed by atoms with Crippen molar-refractivity contribution < 1.29 is 24.5 Å². The maximum absolute atomic E-state index is 11.9. The number of carboxylic acid groups (broad SMARTS) is 1. The van der Waals surface area contributed by atoms with Crippen molar-refractivity contribution in [2.75, 3.05) is 20.7 Å². The van der Waals surface area contributed by atoms with E-state index >= 15 is 0 Å². The first-order valence-corrected chi connectivity index (χ1v) is 18.0. The second-order valence-electron chi connectivity index (χ2n) is 13.4. The Kier molecular flexibility index (Phi) is 12.7. The van der Waals surface area contributed by atoms with Gasteiger partial charge in [-0.15, -0.1) is 0 Å². The van der Waals surface area contributed by atoms with Crippen molar-refractivity contribution in [3.63, 3.8) is 0 Å². The number of halogens is 2. The molecule has 0 aliphatic carbocycles. The van der Waals surface area contributed by atoms with Gasteiger partial charge in [0.1, 0.15) is 30.8 Å². The Labute approximate surface area is 318 Å². The SMILES string of the molecule is Cc1c(COc2cc(OCc3cncc(C#N)c3)c(CC[C@@](C)(CO)C(=O)O)cc2Cl)cccc1-c1cccc(-c2ccc(CN(C)C)cc2)c1Br. The molecule has 0 aliphatic rings. The third-order valence-corrected chi connectivity index (χ3v) is 10.3. The van der Waals surface area contributed by atoms with Crippen LogP contribution in [0.15, 0.2) is 95.7 Å². The molecule has 1 atom stereocenters. The number of aromatic nitrogens is 1. The van der Waals surface area contributed by atoms with E-state index in [1.165, 1.54) is 18.7 Å². The lowest BCUT2D eigenvalue weighted by Crippen LogP contribution is -2.32. The molecular formula is C42H41BrClN3O5. The zero-order valence-electron chi connectivity index (χ0n) is 29.6. The number of benzene rings is 4. The summed E-state index contributed by atoms with van der Waals surface area (Å²) in [6.07, 6.45) is 3.53. The molecule has 8 nitrogen and oxygen atoms in total. The highest BCUT2D eigenvalue weighted by Gasteiger charge is 2.32. The molecule has 4 aromatic carbocycles. The fourth-order valence-corrected chi connectivity index (χ4v) is 6.82. The van der Waals surface area contributed by atoms with Gasteiger partial charge in [-0.3, -0.25) is 9.78 Å². The van der Waals surface area contributed by atoms with Gasteiger partial charge in [0.25, 0.3) is 0 Å². The van der Waals surface area contributed by atoms with E-state index in [1.54, 1.807) is 24.4 Å². The van der Waals surface area contributed by atoms with Crippen molar-refractivity contribution in [1.29, 1.82) is 5.26 Å². The van der Waals surface area contributed by atoms with Gasteiger partial charge in [-0.2, -0.15) is 5.26 Å². The Hall–Kier alpha value is -4.72. The van der Waals surface area contributed by atoms with Gasteiger partial charge in [-0.25, -0.2) is 0 Å². The summed E-state index contributed by atoms with van der Waals surface area (Å²) in [5.41, 5.74) is 8.09. The Morgan fingerprint density at radius 2 is 1.62 bits per heavy atom. The molecule has 1 aromatic heterocycles. The number of pyridine rings is 1. The molecule has 52 heavy (non-hydrogen) atoms. The van der Waals surface area contributed by atoms with Crippen molar-refractivity contribution in [1.82, 2.24) is 9.88 Å². The van der Waals surface area contributed by atoms with Gasteiger partial charge in [0, 0.05) is 35.0 Å². The molecule has 0 saturated carbocycles. The fraction of sp³-hybridized carbons (Fsp3) is 0.262. The first kappa shape index (κ1) is 38.5. The number of hydrogen-bond acceptors (Lipinski definition) is 7. The molecule has 0 spiro atoms. The lowest BCUT2D eigenvalue weighted by Gasteiger charge is -2.23. The minimum atomic E-state index is -1.34. The molecule has 5 aromatic rings. The zero-order chi connectivity index (χ0) is 37.4. The van der Waals surface area contributed by atoms with Crippen LogP contribution < -0.4 is 9.47 Å². The first-order chi connectivity index (χ1) is 24.9. The van der Waals surface area contributed by atoms with E-state index in [0.717, 1.165) is 44.4 Å². The summed E-state index contributed by atoms with van der Waals surface area (Å²) >= 11 is 10.7. The van der Waals surface area contributed by atoms with Crippen LogP contribution in [0.4, 0.5) is 0 Å². The Morgan fingerprint density at radius 3 is 2.31 bits per heavy atom. The Morgan fingerprint density at radius 1 is 0.923 bits per heavy atom. The van der Waals surface area contributed by atoms with Crippen LogP contribution in [0.3, 0.4) is 0 Å². The molecule has 5 rings (SSSR count). The summed E-state index contributed by atoms with van der Waals surface area (Å²) in [6, 6.07) is 28.3. The van der Waals surface area contributed by atoms with E-state index in [9.17, 15) is 20.3 Å². The van der Waals surface area contributed by atoms with E-state index in [2.05, 4.69) is 101 Å². The fourth-order valence-electron chi connectivity index (χ4n) is 5.87. The van der Waals surface area contributed by atoms with Crippen LogP contribution in [0.25, 0.3) is 22.3 Å². The summed E-state index contributed by atoms with van der Waals surface area (Å²) in [6.45, 7) is 4.30. The van der Waals surface area contributed by atoms with Crippen LogP contribution in [0.5, 0.6) is 11.5 Å². The smallest absolute Gasteiger partial charge is 0.311 e. The Bertz CT molecular complexity index is 2100. The summed E-state index contributed by atoms with van der Waals surface area (Å²) in [5.74, 6) is -0.236. The molecule has 0 unspecified atom stereocenters. The molecule has 0 fully saturated rings. The van der Waals surface area contributed by atoms with Crippen LogP contribution in [-0.4, -0.2) is 46.8 Å². The number of carboxylic acids is 1. The average molecular weight is 783 g/mol. The summed E-state index contributed by atoms with van der Waals surface area (Å²) in [5, 5.41) is 29.2. The number of ether oxygens (including phenoxy) is 2. The zero-order valence-corrected chi connectivity index (χ0v) is 32.0. The lowest BCUT2D eigenvalue weighted by molar-refractivity contribution is -0.150. The standard InChI is InChI=1S/C42H41BrClN3O5/c1-27-33(7-5-8-34(27)36-10-6-9-35(40(36)43)31-13-11-28(12-14-31)23-47(3)4)25-52-39-19-38(51-24-30-17-29(20-45)21-46-22-30)32(18-37(39)44)15-16-42(2,26-48)41(49)50/h5-14,17-19,21-22,48H,15-16,23-26H2,1-4H3,(H,49,50)/t42-/m0/s1. The highest BCUT2D eigenvalue weighted by atomic mass is 79.9. The number of carbonyl (C=O) groups is 1. The second kappa shape index (κ2) is 17.2. The molecule has 10 heteroatoms. The number of aliphatic hydroxyl groups is 1. The molecule has 0 aliphatic heterocycles. The van der Waals surface area contributed by atoms with Gasteiger partial charge < -0.3 is 24.6 Å². The monoisotopic (exact) mass is 781 g/mol. The highest BCUT2D eigenvalue weighted by molar-refractivity contribution is 9.10. The molecule has 1 heterocycles. The lowest BCUT2D eigenvalue weighted by atomic mass is 9.85. The van der Waals surface area contributed by atoms with Crippen molar-refractivity contribution in [3.05, 3.63) is 134 Å². The van der Waals surface area contributed by atoms with Crippen molar-refractivity contribution in [2.45, 2.75) is 46.4 Å². The van der Waals surface area contributed by atoms with Crippen molar-refractivity contribution in [2.24, 2.45) is 5.41 Å². The molecule has 268 valence electrons. The molecule has 0 radical (unpaired) electrons. The van der Waals surface area contributed by atoms with Crippen molar-refractivity contribution >= 4 is 33.5 Å². The van der Waals surface area contributed by atoms with Crippen LogP contribution in [-0.2, 0) is 31.0 Å². The third-order valence-electron chi connectivity index (χ3n) is 9.13. The third kappa shape index (κ3) is 9.19. The highest BCUT2D eigenvalue weighted by Crippen LogP contribution is 2.40. The molecule has 0 bridgehead atoms. The maximum Gasteiger partial charge on any atom is 0.311 e. The molecule has 2 N–H and O–H groups in total. The van der Waals surface area contributed by atoms with E-state index in [4.69, 9.17) is 21.1 Å². The normalized spacial score (nSPS) is 12.3. The number of nitrogens with zero attached hydrogens (tertiary/aromatic N) is 3. The quantitative estimate of drug-likeness (QED) is 0.108. The number of aryl methyl sites for hydroxylation is 1. The van der Waals surface area contributed by atoms with E-state index < -0.39 is 18.0 Å². The van der Waals surface area contributed by atoms with Gasteiger partial charge in [0.15, 0.2) is 0 Å². The second-order valence-corrected chi connectivity index (χ2v) is 14.6. The topological polar surface area (TPSA) is 116 Å². The van der Waals surface area contributed by atoms with E-state index in [1.807, 2.05) is 12.1 Å². The van der Waals surface area contributed by atoms with Gasteiger partial charge in [0.05, 0.1) is 22.6 Å². The van der Waals surface area contributed by atoms with Gasteiger partial charge in [-0.1, -0.05) is 72.3 Å². The minimum absolute atomic E-state index is 0.113. The van der Waals surface area contributed by atoms with Crippen LogP contribution >= 0.6 is 27.5 Å². The largest absolute Gasteiger partial charge is 0.488 e. The number of aliphatic carboxylic acids is 1. The van der Waals surface area contributed by atoms with Gasteiger partial charge in [0.2, 0.25) is 0 Å². The van der Waals surface area contributed by atoms with Crippen molar-refractivity contribution in [3.8, 4) is 39.8 Å². The minimum Gasteiger partial charge on any atom is -0.488 e.